The number of halogens is 2. The summed E-state index contributed by atoms with van der Waals surface area (Å²) in [4.78, 5) is 0. The molecule has 0 bridgehead atoms. The van der Waals surface area contributed by atoms with Crippen LogP contribution in [0.2, 0.25) is 10.0 Å². The smallest absolute Gasteiger partial charge is 0.118 e. The molecule has 3 atom stereocenters. The van der Waals surface area contributed by atoms with Crippen LogP contribution in [0.3, 0.4) is 0 Å². The van der Waals surface area contributed by atoms with Gasteiger partial charge in [0.2, 0.25) is 0 Å². The Balaban J connectivity index is 1.58. The minimum Gasteiger partial charge on any atom is -0.497 e. The van der Waals surface area contributed by atoms with Crippen LogP contribution in [0.1, 0.15) is 60.0 Å². The third-order valence-corrected chi connectivity index (χ3v) is 6.64. The first-order valence-corrected chi connectivity index (χ1v) is 10.8. The zero-order valence-corrected chi connectivity index (χ0v) is 18.2. The highest BCUT2D eigenvalue weighted by molar-refractivity contribution is 6.42. The van der Waals surface area contributed by atoms with Gasteiger partial charge in [-0.3, -0.25) is 0 Å². The maximum Gasteiger partial charge on any atom is 0.118 e. The topological polar surface area (TPSA) is 21.3 Å². The molecule has 2 unspecified atom stereocenters. The quantitative estimate of drug-likeness (QED) is 0.462. The predicted octanol–water partition coefficient (Wildman–Crippen LogP) is 7.32. The van der Waals surface area contributed by atoms with Crippen LogP contribution in [0, 0.1) is 0 Å². The number of hydrogen-bond acceptors (Lipinski definition) is 2. The lowest BCUT2D eigenvalue weighted by molar-refractivity contribution is 0.400. The molecule has 0 heterocycles. The molecule has 0 aliphatic heterocycles. The summed E-state index contributed by atoms with van der Waals surface area (Å²) in [6.07, 6.45) is 2.14. The number of rotatable bonds is 5. The molecule has 0 radical (unpaired) electrons. The van der Waals surface area contributed by atoms with E-state index in [1.165, 1.54) is 22.3 Å². The molecule has 2 nitrogen and oxygen atoms in total. The molecule has 0 spiro atoms. The highest BCUT2D eigenvalue weighted by atomic mass is 35.5. The molecule has 150 valence electrons. The Kier molecular flexibility index (Phi) is 6.15. The number of hydrogen-bond donors (Lipinski definition) is 1. The van der Waals surface area contributed by atoms with E-state index in [4.69, 9.17) is 27.9 Å². The fraction of sp³-hybridized carbons (Fsp3) is 0.280. The average Bonchev–Trinajstić information content (AvgIpc) is 2.76. The van der Waals surface area contributed by atoms with Crippen molar-refractivity contribution in [1.82, 2.24) is 5.32 Å². The maximum absolute atomic E-state index is 6.29. The van der Waals surface area contributed by atoms with Gasteiger partial charge in [-0.15, -0.1) is 0 Å². The molecule has 1 N–H and O–H groups in total. The standard InChI is InChI=1S/C25H25Cl2NO/c1-16(17-7-10-19(29-2)11-8-17)28-25-14-12-20(21-5-3-4-6-22(21)25)18-9-13-23(26)24(27)15-18/h3-11,13,15-16,20,25,28H,12,14H2,1-2H3/t16-,20?,25?/m0/s1. The SMILES string of the molecule is COc1ccc([C@H](C)NC2CCC(c3ccc(Cl)c(Cl)c3)c3ccccc32)cc1. The van der Waals surface area contributed by atoms with Gasteiger partial charge in [0, 0.05) is 18.0 Å². The first-order chi connectivity index (χ1) is 14.1. The minimum atomic E-state index is 0.250. The molecule has 0 aromatic heterocycles. The molecule has 0 saturated carbocycles. The van der Waals surface area contributed by atoms with E-state index < -0.39 is 0 Å². The van der Waals surface area contributed by atoms with Gasteiger partial charge < -0.3 is 10.1 Å². The first-order valence-electron chi connectivity index (χ1n) is 10.0. The summed E-state index contributed by atoms with van der Waals surface area (Å²) in [7, 11) is 1.69. The van der Waals surface area contributed by atoms with E-state index in [9.17, 15) is 0 Å². The third-order valence-electron chi connectivity index (χ3n) is 5.90. The zero-order chi connectivity index (χ0) is 20.4. The van der Waals surface area contributed by atoms with E-state index >= 15 is 0 Å². The van der Waals surface area contributed by atoms with Crippen LogP contribution in [0.4, 0.5) is 0 Å². The molecule has 0 saturated heterocycles. The van der Waals surface area contributed by atoms with Gasteiger partial charge in [-0.05, 0) is 66.3 Å². The molecule has 4 rings (SSSR count). The summed E-state index contributed by atoms with van der Waals surface area (Å²) in [5.74, 6) is 1.23. The molecule has 1 aliphatic rings. The number of benzene rings is 3. The number of ether oxygens (including phenoxy) is 1. The summed E-state index contributed by atoms with van der Waals surface area (Å²) in [6, 6.07) is 23.6. The van der Waals surface area contributed by atoms with Crippen molar-refractivity contribution < 1.29 is 4.74 Å². The van der Waals surface area contributed by atoms with Gasteiger partial charge in [-0.1, -0.05) is 65.7 Å². The molecule has 3 aromatic carbocycles. The Morgan fingerprint density at radius 1 is 0.897 bits per heavy atom. The van der Waals surface area contributed by atoms with Crippen molar-refractivity contribution in [2.45, 2.75) is 37.8 Å². The van der Waals surface area contributed by atoms with Crippen LogP contribution in [-0.4, -0.2) is 7.11 Å². The molecular formula is C25H25Cl2NO. The second-order valence-electron chi connectivity index (χ2n) is 7.65. The number of fused-ring (bicyclic) bond motifs is 1. The minimum absolute atomic E-state index is 0.250. The second-order valence-corrected chi connectivity index (χ2v) is 8.46. The van der Waals surface area contributed by atoms with Gasteiger partial charge in [0.05, 0.1) is 17.2 Å². The van der Waals surface area contributed by atoms with Crippen molar-refractivity contribution in [1.29, 1.82) is 0 Å². The predicted molar refractivity (Wildman–Crippen MR) is 121 cm³/mol. The average molecular weight is 426 g/mol. The highest BCUT2D eigenvalue weighted by Crippen LogP contribution is 2.43. The van der Waals surface area contributed by atoms with Gasteiger partial charge >= 0.3 is 0 Å². The molecule has 1 aliphatic carbocycles. The summed E-state index contributed by atoms with van der Waals surface area (Å²) in [6.45, 7) is 2.22. The summed E-state index contributed by atoms with van der Waals surface area (Å²) >= 11 is 12.4. The van der Waals surface area contributed by atoms with Crippen LogP contribution in [-0.2, 0) is 0 Å². The van der Waals surface area contributed by atoms with E-state index in [1.807, 2.05) is 24.3 Å². The zero-order valence-electron chi connectivity index (χ0n) is 16.7. The van der Waals surface area contributed by atoms with Gasteiger partial charge in [0.25, 0.3) is 0 Å². The van der Waals surface area contributed by atoms with Crippen molar-refractivity contribution in [2.75, 3.05) is 7.11 Å². The Bertz CT molecular complexity index is 986. The summed E-state index contributed by atoms with van der Waals surface area (Å²) in [5.41, 5.74) is 5.23. The first kappa shape index (κ1) is 20.3. The normalized spacial score (nSPS) is 19.4. The van der Waals surface area contributed by atoms with Gasteiger partial charge in [-0.2, -0.15) is 0 Å². The summed E-state index contributed by atoms with van der Waals surface area (Å²) in [5, 5.41) is 5.06. The lowest BCUT2D eigenvalue weighted by atomic mass is 9.76. The maximum atomic E-state index is 6.29. The van der Waals surface area contributed by atoms with Gasteiger partial charge in [0.1, 0.15) is 5.75 Å². The van der Waals surface area contributed by atoms with Crippen LogP contribution >= 0.6 is 23.2 Å². The monoisotopic (exact) mass is 425 g/mol. The fourth-order valence-electron chi connectivity index (χ4n) is 4.33. The van der Waals surface area contributed by atoms with Crippen LogP contribution in [0.15, 0.2) is 66.7 Å². The molecule has 3 aromatic rings. The van der Waals surface area contributed by atoms with Crippen molar-refractivity contribution in [3.05, 3.63) is 99.0 Å². The van der Waals surface area contributed by atoms with Gasteiger partial charge in [0.15, 0.2) is 0 Å². The second kappa shape index (κ2) is 8.79. The number of methoxy groups -OCH3 is 1. The van der Waals surface area contributed by atoms with Crippen molar-refractivity contribution in [3.8, 4) is 5.75 Å². The Labute approximate surface area is 182 Å². The van der Waals surface area contributed by atoms with Crippen LogP contribution < -0.4 is 10.1 Å². The fourth-order valence-corrected chi connectivity index (χ4v) is 4.64. The molecule has 0 amide bonds. The Morgan fingerprint density at radius 3 is 2.31 bits per heavy atom. The number of nitrogens with one attached hydrogen (secondary N) is 1. The van der Waals surface area contributed by atoms with Crippen molar-refractivity contribution in [2.24, 2.45) is 0 Å². The van der Waals surface area contributed by atoms with Gasteiger partial charge in [-0.25, -0.2) is 0 Å². The molecule has 29 heavy (non-hydrogen) atoms. The van der Waals surface area contributed by atoms with E-state index in [-0.39, 0.29) is 6.04 Å². The van der Waals surface area contributed by atoms with Crippen molar-refractivity contribution in [3.63, 3.8) is 0 Å². The molecule has 0 fully saturated rings. The van der Waals surface area contributed by atoms with Crippen LogP contribution in [0.25, 0.3) is 0 Å². The Hall–Kier alpha value is -2.00. The lowest BCUT2D eigenvalue weighted by Crippen LogP contribution is -2.29. The van der Waals surface area contributed by atoms with E-state index in [0.717, 1.165) is 18.6 Å². The van der Waals surface area contributed by atoms with Crippen molar-refractivity contribution >= 4 is 23.2 Å². The largest absolute Gasteiger partial charge is 0.497 e. The molecule has 4 heteroatoms. The third kappa shape index (κ3) is 4.30. The van der Waals surface area contributed by atoms with Crippen LogP contribution in [0.5, 0.6) is 5.75 Å². The highest BCUT2D eigenvalue weighted by Gasteiger charge is 2.29. The molecular weight excluding hydrogens is 401 g/mol. The van der Waals surface area contributed by atoms with E-state index in [1.54, 1.807) is 7.11 Å². The Morgan fingerprint density at radius 2 is 1.62 bits per heavy atom. The lowest BCUT2D eigenvalue weighted by Gasteiger charge is -2.34. The summed E-state index contributed by atoms with van der Waals surface area (Å²) < 4.78 is 5.28. The van der Waals surface area contributed by atoms with E-state index in [0.29, 0.717) is 22.0 Å². The van der Waals surface area contributed by atoms with E-state index in [2.05, 4.69) is 54.7 Å².